The Morgan fingerprint density at radius 2 is 1.97 bits per heavy atom. The molecule has 5 rings (SSSR count). The van der Waals surface area contributed by atoms with Crippen LogP contribution in [0.1, 0.15) is 39.2 Å². The highest BCUT2D eigenvalue weighted by atomic mass is 35.5. The highest BCUT2D eigenvalue weighted by Gasteiger charge is 2.68. The maximum Gasteiger partial charge on any atom is 0.237 e. The summed E-state index contributed by atoms with van der Waals surface area (Å²) in [5.74, 6) is -2.18. The van der Waals surface area contributed by atoms with Crippen molar-refractivity contribution in [3.8, 4) is 0 Å². The standard InChI is InChI=1S/C29H36Cl2FN3O4/c1-28(2,3)13-21-29(16-10-9-14(30)11-18(16)34-27(29)37)22(15-7-6-8-17(31)23(15)32)24(35-21)26(36)33-19-12-20(38-4)25(19)39-5/h6-11,15,19-25,35H,12-13H2,1-5H3,(H,33,36)(H,34,37)/t15?,19-,20?,21-,22+,23?,24-,25?,29+/m1/s1. The monoisotopic (exact) mass is 579 g/mol. The molecule has 1 spiro atoms. The van der Waals surface area contributed by atoms with Gasteiger partial charge in [0.1, 0.15) is 12.3 Å². The molecular formula is C29H36Cl2FN3O4. The number of halogens is 3. The molecule has 4 aliphatic rings. The van der Waals surface area contributed by atoms with Crippen LogP contribution in [0.5, 0.6) is 0 Å². The molecule has 9 atom stereocenters. The number of allylic oxidation sites excluding steroid dienone is 4. The maximum absolute atomic E-state index is 16.0. The van der Waals surface area contributed by atoms with Gasteiger partial charge in [-0.05, 0) is 42.0 Å². The van der Waals surface area contributed by atoms with Crippen molar-refractivity contribution in [1.29, 1.82) is 0 Å². The van der Waals surface area contributed by atoms with Crippen LogP contribution in [0.15, 0.2) is 41.5 Å². The van der Waals surface area contributed by atoms with E-state index in [1.165, 1.54) is 6.08 Å². The van der Waals surface area contributed by atoms with Crippen molar-refractivity contribution in [1.82, 2.24) is 10.6 Å². The lowest BCUT2D eigenvalue weighted by Gasteiger charge is -2.44. The Morgan fingerprint density at radius 3 is 2.64 bits per heavy atom. The molecular weight excluding hydrogens is 544 g/mol. The summed E-state index contributed by atoms with van der Waals surface area (Å²) in [4.78, 5) is 28.2. The molecule has 4 unspecified atom stereocenters. The minimum absolute atomic E-state index is 0.0483. The Labute approximate surface area is 238 Å². The van der Waals surface area contributed by atoms with Crippen LogP contribution in [0, 0.1) is 17.3 Å². The molecule has 3 N–H and O–H groups in total. The molecule has 1 saturated heterocycles. The number of benzene rings is 1. The van der Waals surface area contributed by atoms with Crippen LogP contribution in [0.2, 0.25) is 5.02 Å². The minimum atomic E-state index is -1.57. The Morgan fingerprint density at radius 1 is 1.23 bits per heavy atom. The molecule has 2 amide bonds. The number of carbonyl (C=O) groups is 2. The Balaban J connectivity index is 1.62. The third-order valence-electron chi connectivity index (χ3n) is 8.72. The van der Waals surface area contributed by atoms with Gasteiger partial charge in [-0.1, -0.05) is 62.2 Å². The quantitative estimate of drug-likeness (QED) is 0.462. The van der Waals surface area contributed by atoms with Gasteiger partial charge in [0, 0.05) is 42.8 Å². The molecule has 2 fully saturated rings. The second kappa shape index (κ2) is 10.5. The highest BCUT2D eigenvalue weighted by molar-refractivity contribution is 6.31. The van der Waals surface area contributed by atoms with E-state index in [0.717, 1.165) is 0 Å². The van der Waals surface area contributed by atoms with Crippen molar-refractivity contribution in [2.24, 2.45) is 17.3 Å². The lowest BCUT2D eigenvalue weighted by Crippen LogP contribution is -2.63. The first-order valence-electron chi connectivity index (χ1n) is 13.3. The summed E-state index contributed by atoms with van der Waals surface area (Å²) in [6.07, 6.45) is 4.13. The van der Waals surface area contributed by atoms with E-state index in [2.05, 4.69) is 36.7 Å². The molecule has 2 heterocycles. The third kappa shape index (κ3) is 4.72. The summed E-state index contributed by atoms with van der Waals surface area (Å²) in [5.41, 5.74) is -0.148. The predicted molar refractivity (Wildman–Crippen MR) is 150 cm³/mol. The molecule has 10 heteroatoms. The topological polar surface area (TPSA) is 88.7 Å². The molecule has 0 bridgehead atoms. The second-order valence-electron chi connectivity index (χ2n) is 12.2. The summed E-state index contributed by atoms with van der Waals surface area (Å²) in [6, 6.07) is 3.67. The van der Waals surface area contributed by atoms with Gasteiger partial charge >= 0.3 is 0 Å². The average molecular weight is 581 g/mol. The fourth-order valence-electron chi connectivity index (χ4n) is 7.04. The summed E-state index contributed by atoms with van der Waals surface area (Å²) < 4.78 is 27.0. The fraction of sp³-hybridized carbons (Fsp3) is 0.586. The Hall–Kier alpha value is -1.97. The fourth-order valence-corrected chi connectivity index (χ4v) is 7.43. The van der Waals surface area contributed by atoms with Gasteiger partial charge in [0.25, 0.3) is 0 Å². The number of hydrogen-bond donors (Lipinski definition) is 3. The first-order valence-corrected chi connectivity index (χ1v) is 14.1. The minimum Gasteiger partial charge on any atom is -0.379 e. The number of rotatable bonds is 6. The van der Waals surface area contributed by atoms with Crippen LogP contribution in [0.3, 0.4) is 0 Å². The molecule has 1 aromatic carbocycles. The molecule has 0 aromatic heterocycles. The van der Waals surface area contributed by atoms with Crippen LogP contribution in [0.4, 0.5) is 10.1 Å². The molecule has 39 heavy (non-hydrogen) atoms. The van der Waals surface area contributed by atoms with E-state index < -0.39 is 35.5 Å². The smallest absolute Gasteiger partial charge is 0.237 e. The Kier molecular flexibility index (Phi) is 7.65. The van der Waals surface area contributed by atoms with E-state index in [-0.39, 0.29) is 40.5 Å². The average Bonchev–Trinajstić information content (AvgIpc) is 3.32. The van der Waals surface area contributed by atoms with Gasteiger partial charge in [-0.15, -0.1) is 0 Å². The zero-order valence-corrected chi connectivity index (χ0v) is 24.3. The molecule has 0 radical (unpaired) electrons. The van der Waals surface area contributed by atoms with E-state index in [1.807, 2.05) is 6.07 Å². The van der Waals surface area contributed by atoms with E-state index in [0.29, 0.717) is 29.1 Å². The van der Waals surface area contributed by atoms with Crippen molar-refractivity contribution in [2.45, 2.75) is 75.5 Å². The van der Waals surface area contributed by atoms with Crippen molar-refractivity contribution >= 4 is 40.7 Å². The third-order valence-corrected chi connectivity index (χ3v) is 9.29. The van der Waals surface area contributed by atoms with Crippen molar-refractivity contribution in [2.75, 3.05) is 19.5 Å². The van der Waals surface area contributed by atoms with E-state index in [1.54, 1.807) is 38.5 Å². The number of ether oxygens (including phenoxy) is 2. The lowest BCUT2D eigenvalue weighted by atomic mass is 9.59. The van der Waals surface area contributed by atoms with Gasteiger partial charge in [-0.2, -0.15) is 0 Å². The zero-order chi connectivity index (χ0) is 28.3. The molecule has 2 aliphatic heterocycles. The number of carbonyl (C=O) groups excluding carboxylic acids is 2. The largest absolute Gasteiger partial charge is 0.379 e. The normalized spacial score (nSPS) is 37.3. The van der Waals surface area contributed by atoms with Gasteiger partial charge in [0.15, 0.2) is 0 Å². The van der Waals surface area contributed by atoms with E-state index >= 15 is 4.39 Å². The number of fused-ring (bicyclic) bond motifs is 2. The number of hydrogen-bond acceptors (Lipinski definition) is 5. The summed E-state index contributed by atoms with van der Waals surface area (Å²) in [5, 5.41) is 10.2. The van der Waals surface area contributed by atoms with Gasteiger partial charge in [0.05, 0.1) is 28.6 Å². The number of anilines is 1. The number of nitrogens with one attached hydrogen (secondary N) is 3. The van der Waals surface area contributed by atoms with Gasteiger partial charge in [-0.3, -0.25) is 9.59 Å². The lowest BCUT2D eigenvalue weighted by molar-refractivity contribution is -0.140. The van der Waals surface area contributed by atoms with E-state index in [4.69, 9.17) is 32.7 Å². The Bertz CT molecular complexity index is 1220. The predicted octanol–water partition coefficient (Wildman–Crippen LogP) is 4.49. The highest BCUT2D eigenvalue weighted by Crippen LogP contribution is 2.57. The van der Waals surface area contributed by atoms with Crippen molar-refractivity contribution < 1.29 is 23.5 Å². The summed E-state index contributed by atoms with van der Waals surface area (Å²) in [6.45, 7) is 6.25. The maximum atomic E-state index is 16.0. The molecule has 7 nitrogen and oxygen atoms in total. The zero-order valence-electron chi connectivity index (χ0n) is 22.8. The van der Waals surface area contributed by atoms with Gasteiger partial charge in [-0.25, -0.2) is 4.39 Å². The summed E-state index contributed by atoms with van der Waals surface area (Å²) >= 11 is 12.6. The number of amides is 2. The first kappa shape index (κ1) is 28.6. The van der Waals surface area contributed by atoms with Gasteiger partial charge < -0.3 is 25.4 Å². The second-order valence-corrected chi connectivity index (χ2v) is 13.1. The molecule has 1 saturated carbocycles. The van der Waals surface area contributed by atoms with Crippen LogP contribution < -0.4 is 16.0 Å². The molecule has 212 valence electrons. The van der Waals surface area contributed by atoms with Crippen LogP contribution >= 0.6 is 23.2 Å². The van der Waals surface area contributed by atoms with Crippen LogP contribution in [-0.2, 0) is 24.5 Å². The SMILES string of the molecule is COC1C[C@@H](NC(=O)[C@@H]2N[C@H](CC(C)(C)C)[C@]3(C(=O)Nc4cc(Cl)ccc43)[C@H]2C2C=CC=C(Cl)C2F)C1OC. The van der Waals surface area contributed by atoms with Crippen LogP contribution in [-0.4, -0.2) is 62.5 Å². The van der Waals surface area contributed by atoms with Crippen molar-refractivity contribution in [3.63, 3.8) is 0 Å². The number of methoxy groups -OCH3 is 2. The molecule has 2 aliphatic carbocycles. The van der Waals surface area contributed by atoms with Crippen molar-refractivity contribution in [3.05, 3.63) is 52.0 Å². The first-order chi connectivity index (χ1) is 18.4. The van der Waals surface area contributed by atoms with Gasteiger partial charge in [0.2, 0.25) is 11.8 Å². The number of alkyl halides is 1. The molecule has 1 aromatic rings. The van der Waals surface area contributed by atoms with E-state index in [9.17, 15) is 9.59 Å². The summed E-state index contributed by atoms with van der Waals surface area (Å²) in [7, 11) is 3.19. The van der Waals surface area contributed by atoms with Crippen LogP contribution in [0.25, 0.3) is 0 Å².